The van der Waals surface area contributed by atoms with Crippen LogP contribution in [0.3, 0.4) is 0 Å². The first-order valence-corrected chi connectivity index (χ1v) is 5.45. The lowest BCUT2D eigenvalue weighted by molar-refractivity contribution is -0.138. The highest BCUT2D eigenvalue weighted by Gasteiger charge is 2.28. The van der Waals surface area contributed by atoms with E-state index in [1.165, 1.54) is 0 Å². The molecule has 0 aromatic rings. The summed E-state index contributed by atoms with van der Waals surface area (Å²) in [5, 5.41) is 6.00. The van der Waals surface area contributed by atoms with Gasteiger partial charge in [-0.3, -0.25) is 9.59 Å². The quantitative estimate of drug-likeness (QED) is 0.609. The summed E-state index contributed by atoms with van der Waals surface area (Å²) in [4.78, 5) is 22.5. The summed E-state index contributed by atoms with van der Waals surface area (Å²) >= 11 is 0. The van der Waals surface area contributed by atoms with Gasteiger partial charge in [0, 0.05) is 0 Å². The Morgan fingerprint density at radius 1 is 1.47 bits per heavy atom. The van der Waals surface area contributed by atoms with Gasteiger partial charge in [-0.25, -0.2) is 0 Å². The highest BCUT2D eigenvalue weighted by Crippen LogP contribution is 2.09. The lowest BCUT2D eigenvalue weighted by Gasteiger charge is -2.23. The maximum atomic E-state index is 11.7. The number of rotatable bonds is 2. The van der Waals surface area contributed by atoms with Gasteiger partial charge in [0.05, 0.1) is 18.5 Å². The van der Waals surface area contributed by atoms with Gasteiger partial charge in [-0.2, -0.15) is 0 Å². The third kappa shape index (κ3) is 2.68. The summed E-state index contributed by atoms with van der Waals surface area (Å²) in [6, 6.07) is -0.219. The topological polar surface area (TPSA) is 67.4 Å². The van der Waals surface area contributed by atoms with Crippen LogP contribution in [0.4, 0.5) is 0 Å². The van der Waals surface area contributed by atoms with Gasteiger partial charge in [0.2, 0.25) is 5.91 Å². The molecule has 0 spiro atoms. The monoisotopic (exact) mass is 212 g/mol. The molecule has 5 nitrogen and oxygen atoms in total. The van der Waals surface area contributed by atoms with Crippen LogP contribution in [0.2, 0.25) is 0 Å². The van der Waals surface area contributed by atoms with E-state index in [1.807, 2.05) is 0 Å². The van der Waals surface area contributed by atoms with Crippen LogP contribution in [-0.4, -0.2) is 37.1 Å². The standard InChI is InChI=1S/C10H16N2O3/c13-9-5-7(6-15-9)12-10(14)8-3-1-2-4-11-8/h7-8,11H,1-6H2,(H,12,14)/t7-,8-/m0/s1. The maximum absolute atomic E-state index is 11.7. The van der Waals surface area contributed by atoms with Crippen molar-refractivity contribution in [3.05, 3.63) is 0 Å². The van der Waals surface area contributed by atoms with Gasteiger partial charge in [0.25, 0.3) is 0 Å². The molecular weight excluding hydrogens is 196 g/mol. The second-order valence-corrected chi connectivity index (χ2v) is 4.10. The van der Waals surface area contributed by atoms with Crippen LogP contribution in [0.5, 0.6) is 0 Å². The molecule has 2 saturated heterocycles. The fourth-order valence-electron chi connectivity index (χ4n) is 1.98. The second kappa shape index (κ2) is 4.61. The van der Waals surface area contributed by atoms with Gasteiger partial charge < -0.3 is 15.4 Å². The molecule has 0 aliphatic carbocycles. The maximum Gasteiger partial charge on any atom is 0.308 e. The van der Waals surface area contributed by atoms with E-state index >= 15 is 0 Å². The molecule has 2 rings (SSSR count). The van der Waals surface area contributed by atoms with Gasteiger partial charge in [-0.05, 0) is 19.4 Å². The van der Waals surface area contributed by atoms with Crippen LogP contribution in [0.25, 0.3) is 0 Å². The molecule has 0 radical (unpaired) electrons. The van der Waals surface area contributed by atoms with E-state index in [1.54, 1.807) is 0 Å². The fourth-order valence-corrected chi connectivity index (χ4v) is 1.98. The molecule has 0 bridgehead atoms. The Kier molecular flexibility index (Phi) is 3.20. The first-order valence-electron chi connectivity index (χ1n) is 5.45. The minimum atomic E-state index is -0.225. The second-order valence-electron chi connectivity index (χ2n) is 4.10. The molecule has 2 atom stereocenters. The summed E-state index contributed by atoms with van der Waals surface area (Å²) in [5.74, 6) is -0.227. The summed E-state index contributed by atoms with van der Waals surface area (Å²) in [6.07, 6.45) is 3.41. The third-order valence-electron chi connectivity index (χ3n) is 2.83. The van der Waals surface area contributed by atoms with Crippen LogP contribution in [0.15, 0.2) is 0 Å². The van der Waals surface area contributed by atoms with E-state index in [-0.39, 0.29) is 24.0 Å². The van der Waals surface area contributed by atoms with Crippen molar-refractivity contribution >= 4 is 11.9 Å². The molecule has 0 saturated carbocycles. The number of amides is 1. The minimum Gasteiger partial charge on any atom is -0.463 e. The van der Waals surface area contributed by atoms with Crippen molar-refractivity contribution < 1.29 is 14.3 Å². The zero-order valence-corrected chi connectivity index (χ0v) is 8.62. The highest BCUT2D eigenvalue weighted by atomic mass is 16.5. The largest absolute Gasteiger partial charge is 0.463 e. The highest BCUT2D eigenvalue weighted by molar-refractivity contribution is 5.83. The van der Waals surface area contributed by atoms with Crippen molar-refractivity contribution in [1.82, 2.24) is 10.6 Å². The van der Waals surface area contributed by atoms with Crippen molar-refractivity contribution in [2.24, 2.45) is 0 Å². The predicted molar refractivity (Wildman–Crippen MR) is 53.1 cm³/mol. The van der Waals surface area contributed by atoms with Crippen LogP contribution < -0.4 is 10.6 Å². The fraction of sp³-hybridized carbons (Fsp3) is 0.800. The molecule has 0 aromatic heterocycles. The molecule has 1 amide bonds. The van der Waals surface area contributed by atoms with Crippen molar-refractivity contribution in [3.63, 3.8) is 0 Å². The SMILES string of the molecule is O=C1C[C@H](NC(=O)[C@@H]2CCCCN2)CO1. The Hall–Kier alpha value is -1.10. The average Bonchev–Trinajstić information content (AvgIpc) is 2.65. The number of carbonyl (C=O) groups excluding carboxylic acids is 2. The van der Waals surface area contributed by atoms with Crippen molar-refractivity contribution in [1.29, 1.82) is 0 Å². The molecule has 2 aliphatic rings. The first-order chi connectivity index (χ1) is 7.25. The van der Waals surface area contributed by atoms with Crippen LogP contribution in [0, 0.1) is 0 Å². The van der Waals surface area contributed by atoms with Crippen LogP contribution in [0.1, 0.15) is 25.7 Å². The molecular formula is C10H16N2O3. The summed E-state index contributed by atoms with van der Waals surface area (Å²) < 4.78 is 4.78. The number of piperidine rings is 1. The summed E-state index contributed by atoms with van der Waals surface area (Å²) in [6.45, 7) is 1.22. The number of ether oxygens (including phenoxy) is 1. The predicted octanol–water partition coefficient (Wildman–Crippen LogP) is -0.440. The molecule has 0 unspecified atom stereocenters. The molecule has 5 heteroatoms. The summed E-state index contributed by atoms with van der Waals surface area (Å²) in [7, 11) is 0. The van der Waals surface area contributed by atoms with Crippen molar-refractivity contribution in [3.8, 4) is 0 Å². The van der Waals surface area contributed by atoms with Gasteiger partial charge in [-0.1, -0.05) is 6.42 Å². The smallest absolute Gasteiger partial charge is 0.308 e. The Morgan fingerprint density at radius 3 is 2.93 bits per heavy atom. The van der Waals surface area contributed by atoms with E-state index in [2.05, 4.69) is 10.6 Å². The van der Waals surface area contributed by atoms with E-state index < -0.39 is 0 Å². The van der Waals surface area contributed by atoms with Crippen molar-refractivity contribution in [2.45, 2.75) is 37.8 Å². The van der Waals surface area contributed by atoms with E-state index in [0.29, 0.717) is 13.0 Å². The Labute approximate surface area is 88.5 Å². The number of hydrogen-bond donors (Lipinski definition) is 2. The Bertz CT molecular complexity index is 261. The van der Waals surface area contributed by atoms with E-state index in [0.717, 1.165) is 25.8 Å². The van der Waals surface area contributed by atoms with Gasteiger partial charge >= 0.3 is 5.97 Å². The molecule has 0 aromatic carbocycles. The van der Waals surface area contributed by atoms with Gasteiger partial charge in [0.1, 0.15) is 6.61 Å². The molecule has 84 valence electrons. The summed E-state index contributed by atoms with van der Waals surface area (Å²) in [5.41, 5.74) is 0. The Morgan fingerprint density at radius 2 is 2.33 bits per heavy atom. The Balaban J connectivity index is 1.78. The third-order valence-corrected chi connectivity index (χ3v) is 2.83. The number of cyclic esters (lactones) is 1. The van der Waals surface area contributed by atoms with Crippen molar-refractivity contribution in [2.75, 3.05) is 13.2 Å². The van der Waals surface area contributed by atoms with E-state index in [4.69, 9.17) is 4.74 Å². The molecule has 2 aliphatic heterocycles. The molecule has 2 N–H and O–H groups in total. The van der Waals surface area contributed by atoms with Gasteiger partial charge in [-0.15, -0.1) is 0 Å². The van der Waals surface area contributed by atoms with Crippen LogP contribution in [-0.2, 0) is 14.3 Å². The number of hydrogen-bond acceptors (Lipinski definition) is 4. The lowest BCUT2D eigenvalue weighted by Crippen LogP contribution is -2.49. The zero-order chi connectivity index (χ0) is 10.7. The van der Waals surface area contributed by atoms with Gasteiger partial charge in [0.15, 0.2) is 0 Å². The van der Waals surface area contributed by atoms with Crippen LogP contribution >= 0.6 is 0 Å². The molecule has 2 heterocycles. The first kappa shape index (κ1) is 10.4. The number of nitrogens with one attached hydrogen (secondary N) is 2. The zero-order valence-electron chi connectivity index (χ0n) is 8.62. The average molecular weight is 212 g/mol. The lowest BCUT2D eigenvalue weighted by atomic mass is 10.0. The number of carbonyl (C=O) groups is 2. The normalized spacial score (nSPS) is 31.1. The van der Waals surface area contributed by atoms with E-state index in [9.17, 15) is 9.59 Å². The molecule has 2 fully saturated rings. The number of esters is 1. The molecule has 15 heavy (non-hydrogen) atoms. The minimum absolute atomic E-state index is 0.00185.